The second-order valence-corrected chi connectivity index (χ2v) is 6.16. The second kappa shape index (κ2) is 6.16. The molecule has 8 heteroatoms. The minimum Gasteiger partial charge on any atom is -0.360 e. The number of hydrogen-bond donors (Lipinski definition) is 2. The van der Waals surface area contributed by atoms with Gasteiger partial charge in [0.25, 0.3) is 11.8 Å². The van der Waals surface area contributed by atoms with E-state index >= 15 is 0 Å². The van der Waals surface area contributed by atoms with Crippen LogP contribution in [0, 0.1) is 18.3 Å². The van der Waals surface area contributed by atoms with Gasteiger partial charge in [0.1, 0.15) is 6.04 Å². The first-order chi connectivity index (χ1) is 11.8. The van der Waals surface area contributed by atoms with E-state index < -0.39 is 43.3 Å². The van der Waals surface area contributed by atoms with Crippen LogP contribution in [-0.2, 0) is 4.79 Å². The molecule has 2 amide bonds. The molecular weight excluding hydrogens is 330 g/mol. The molecule has 1 fully saturated rings. The number of H-pyrrole nitrogens is 1. The molecule has 2 heterocycles. The third-order valence-corrected chi connectivity index (χ3v) is 4.22. The molecule has 2 aromatic rings. The van der Waals surface area contributed by atoms with Crippen LogP contribution in [0.3, 0.4) is 0 Å². The molecule has 1 unspecified atom stereocenters. The quantitative estimate of drug-likeness (QED) is 0.890. The van der Waals surface area contributed by atoms with Crippen LogP contribution in [0.15, 0.2) is 24.4 Å². The maximum Gasteiger partial charge on any atom is 0.268 e. The van der Waals surface area contributed by atoms with Crippen LogP contribution < -0.4 is 5.32 Å². The number of alkyl halides is 2. The highest BCUT2D eigenvalue weighted by Crippen LogP contribution is 2.31. The molecule has 130 valence electrons. The summed E-state index contributed by atoms with van der Waals surface area (Å²) in [6.45, 7) is 0.689. The number of aromatic amines is 1. The third-order valence-electron chi connectivity index (χ3n) is 4.22. The molecular formula is C17H16F2N4O2. The van der Waals surface area contributed by atoms with E-state index in [9.17, 15) is 18.4 Å². The van der Waals surface area contributed by atoms with E-state index in [-0.39, 0.29) is 0 Å². The molecule has 6 nitrogen and oxygen atoms in total. The van der Waals surface area contributed by atoms with Gasteiger partial charge in [0.2, 0.25) is 5.91 Å². The van der Waals surface area contributed by atoms with Gasteiger partial charge in [-0.3, -0.25) is 9.59 Å². The zero-order chi connectivity index (χ0) is 18.2. The van der Waals surface area contributed by atoms with Crippen LogP contribution in [0.2, 0.25) is 0 Å². The summed E-state index contributed by atoms with van der Waals surface area (Å²) in [4.78, 5) is 28.2. The smallest absolute Gasteiger partial charge is 0.268 e. The van der Waals surface area contributed by atoms with E-state index in [4.69, 9.17) is 5.26 Å². The largest absolute Gasteiger partial charge is 0.360 e. The standard InChI is InChI=1S/C17H16F2N4O2/c1-10-2-3-12-13(7-21-14(12)4-10)16(25)22-8-15(24)23-9-17(18,19)5-11(23)6-20/h2-4,7,11,21H,5,8-9H2,1H3,(H,22,25). The number of benzene rings is 1. The van der Waals surface area contributed by atoms with Crippen LogP contribution in [-0.4, -0.2) is 46.8 Å². The first-order valence-electron chi connectivity index (χ1n) is 7.73. The Kier molecular flexibility index (Phi) is 4.17. The molecule has 0 aliphatic carbocycles. The average molecular weight is 346 g/mol. The van der Waals surface area contributed by atoms with E-state index in [1.165, 1.54) is 6.20 Å². The van der Waals surface area contributed by atoms with Crippen molar-refractivity contribution in [2.24, 2.45) is 0 Å². The Morgan fingerprint density at radius 1 is 1.48 bits per heavy atom. The van der Waals surface area contributed by atoms with Crippen LogP contribution in [0.4, 0.5) is 8.78 Å². The van der Waals surface area contributed by atoms with Gasteiger partial charge in [-0.1, -0.05) is 12.1 Å². The predicted octanol–water partition coefficient (Wildman–Crippen LogP) is 1.97. The average Bonchev–Trinajstić information content (AvgIpc) is 3.11. The number of carbonyl (C=O) groups excluding carboxylic acids is 2. The highest BCUT2D eigenvalue weighted by molar-refractivity contribution is 6.07. The monoisotopic (exact) mass is 346 g/mol. The minimum absolute atomic E-state index is 0.367. The van der Waals surface area contributed by atoms with Gasteiger partial charge in [-0.25, -0.2) is 8.78 Å². The number of amides is 2. The van der Waals surface area contributed by atoms with Gasteiger partial charge < -0.3 is 15.2 Å². The number of rotatable bonds is 3. The number of nitrogens with one attached hydrogen (secondary N) is 2. The summed E-state index contributed by atoms with van der Waals surface area (Å²) >= 11 is 0. The number of hydrogen-bond acceptors (Lipinski definition) is 3. The van der Waals surface area contributed by atoms with E-state index in [1.54, 1.807) is 12.1 Å². The Morgan fingerprint density at radius 2 is 2.24 bits per heavy atom. The van der Waals surface area contributed by atoms with Crippen molar-refractivity contribution in [2.75, 3.05) is 13.1 Å². The summed E-state index contributed by atoms with van der Waals surface area (Å²) in [6, 6.07) is 6.08. The fourth-order valence-electron chi connectivity index (χ4n) is 2.97. The van der Waals surface area contributed by atoms with Crippen molar-refractivity contribution < 1.29 is 18.4 Å². The Balaban J connectivity index is 1.67. The highest BCUT2D eigenvalue weighted by atomic mass is 19.3. The first-order valence-corrected chi connectivity index (χ1v) is 7.73. The topological polar surface area (TPSA) is 89.0 Å². The van der Waals surface area contributed by atoms with Crippen LogP contribution >= 0.6 is 0 Å². The zero-order valence-electron chi connectivity index (χ0n) is 13.5. The van der Waals surface area contributed by atoms with E-state index in [1.807, 2.05) is 19.1 Å². The number of likely N-dealkylation sites (tertiary alicyclic amines) is 1. The zero-order valence-corrected chi connectivity index (χ0v) is 13.5. The van der Waals surface area contributed by atoms with Crippen LogP contribution in [0.1, 0.15) is 22.3 Å². The van der Waals surface area contributed by atoms with Crippen molar-refractivity contribution >= 4 is 22.7 Å². The van der Waals surface area contributed by atoms with Gasteiger partial charge in [0, 0.05) is 23.5 Å². The normalized spacial score (nSPS) is 19.0. The van der Waals surface area contributed by atoms with Crippen LogP contribution in [0.5, 0.6) is 0 Å². The SMILES string of the molecule is Cc1ccc2c(C(=O)NCC(=O)N3CC(F)(F)CC3C#N)c[nH]c2c1. The molecule has 0 bridgehead atoms. The lowest BCUT2D eigenvalue weighted by atomic mass is 10.1. The Morgan fingerprint density at radius 3 is 2.96 bits per heavy atom. The molecule has 1 aromatic heterocycles. The van der Waals surface area contributed by atoms with Gasteiger partial charge >= 0.3 is 0 Å². The fraction of sp³-hybridized carbons (Fsp3) is 0.353. The maximum atomic E-state index is 13.4. The molecule has 1 atom stereocenters. The molecule has 3 rings (SSSR count). The predicted molar refractivity (Wildman–Crippen MR) is 86.0 cm³/mol. The summed E-state index contributed by atoms with van der Waals surface area (Å²) < 4.78 is 26.8. The minimum atomic E-state index is -3.07. The third kappa shape index (κ3) is 3.31. The lowest BCUT2D eigenvalue weighted by molar-refractivity contribution is -0.131. The van der Waals surface area contributed by atoms with Gasteiger partial charge in [0.15, 0.2) is 0 Å². The Bertz CT molecular complexity index is 884. The fourth-order valence-corrected chi connectivity index (χ4v) is 2.97. The Labute approximate surface area is 142 Å². The number of halogens is 2. The van der Waals surface area contributed by atoms with Gasteiger partial charge in [-0.15, -0.1) is 0 Å². The number of nitriles is 1. The second-order valence-electron chi connectivity index (χ2n) is 6.16. The summed E-state index contributed by atoms with van der Waals surface area (Å²) in [5.41, 5.74) is 2.19. The summed E-state index contributed by atoms with van der Waals surface area (Å²) in [5.74, 6) is -4.26. The lowest BCUT2D eigenvalue weighted by Crippen LogP contribution is -2.42. The summed E-state index contributed by atoms with van der Waals surface area (Å²) in [7, 11) is 0. The van der Waals surface area contributed by atoms with Crippen LogP contribution in [0.25, 0.3) is 10.9 Å². The lowest BCUT2D eigenvalue weighted by Gasteiger charge is -2.19. The van der Waals surface area contributed by atoms with Crippen molar-refractivity contribution in [3.63, 3.8) is 0 Å². The van der Waals surface area contributed by atoms with Crippen molar-refractivity contribution in [2.45, 2.75) is 25.3 Å². The number of nitrogens with zero attached hydrogens (tertiary/aromatic N) is 2. The van der Waals surface area contributed by atoms with E-state index in [2.05, 4.69) is 10.3 Å². The van der Waals surface area contributed by atoms with E-state index in [0.717, 1.165) is 16.0 Å². The molecule has 0 radical (unpaired) electrons. The Hall–Kier alpha value is -2.95. The molecule has 0 spiro atoms. The molecule has 1 aliphatic rings. The molecule has 1 aromatic carbocycles. The molecule has 1 aliphatic heterocycles. The van der Waals surface area contributed by atoms with Crippen molar-refractivity contribution in [3.05, 3.63) is 35.5 Å². The van der Waals surface area contributed by atoms with Gasteiger partial charge in [-0.2, -0.15) is 5.26 Å². The molecule has 25 heavy (non-hydrogen) atoms. The number of fused-ring (bicyclic) bond motifs is 1. The highest BCUT2D eigenvalue weighted by Gasteiger charge is 2.47. The maximum absolute atomic E-state index is 13.4. The molecule has 2 N–H and O–H groups in total. The van der Waals surface area contributed by atoms with Crippen molar-refractivity contribution in [3.8, 4) is 6.07 Å². The molecule has 0 saturated carbocycles. The van der Waals surface area contributed by atoms with Gasteiger partial charge in [0.05, 0.1) is 24.7 Å². The van der Waals surface area contributed by atoms with Gasteiger partial charge in [-0.05, 0) is 18.6 Å². The number of carbonyl (C=O) groups is 2. The van der Waals surface area contributed by atoms with E-state index in [0.29, 0.717) is 10.9 Å². The number of aryl methyl sites for hydroxylation is 1. The van der Waals surface area contributed by atoms with Crippen molar-refractivity contribution in [1.82, 2.24) is 15.2 Å². The van der Waals surface area contributed by atoms with Crippen molar-refractivity contribution in [1.29, 1.82) is 5.26 Å². The summed E-state index contributed by atoms with van der Waals surface area (Å²) in [5, 5.41) is 12.1. The number of aromatic nitrogens is 1. The summed E-state index contributed by atoms with van der Waals surface area (Å²) in [6.07, 6.45) is 0.858. The first kappa shape index (κ1) is 16.9. The molecule has 1 saturated heterocycles.